The van der Waals surface area contributed by atoms with Gasteiger partial charge in [0.05, 0.1) is 6.10 Å². The Hall–Kier alpha value is -1.60. The predicted molar refractivity (Wildman–Crippen MR) is 80.6 cm³/mol. The molecule has 0 saturated heterocycles. The molecule has 2 aliphatic carbocycles. The summed E-state index contributed by atoms with van der Waals surface area (Å²) >= 11 is 0. The van der Waals surface area contributed by atoms with Gasteiger partial charge >= 0.3 is 0 Å². The van der Waals surface area contributed by atoms with Gasteiger partial charge < -0.3 is 5.11 Å². The molecule has 1 heteroatoms. The molecule has 4 rings (SSSR count). The highest BCUT2D eigenvalue weighted by molar-refractivity contribution is 5.41. The second-order valence-corrected chi connectivity index (χ2v) is 6.36. The van der Waals surface area contributed by atoms with Crippen LogP contribution in [-0.4, -0.2) is 5.11 Å². The first kappa shape index (κ1) is 12.2. The minimum atomic E-state index is -0.309. The first-order valence-electron chi connectivity index (χ1n) is 7.58. The summed E-state index contributed by atoms with van der Waals surface area (Å²) in [6, 6.07) is 17.1. The molecule has 0 radical (unpaired) electrons. The van der Waals surface area contributed by atoms with Gasteiger partial charge in [0.25, 0.3) is 0 Å². The molecule has 2 aromatic rings. The number of aryl methyl sites for hydroxylation is 2. The maximum absolute atomic E-state index is 10.7. The minimum absolute atomic E-state index is 0.309. The fraction of sp³-hybridized carbons (Fsp3) is 0.368. The lowest BCUT2D eigenvalue weighted by Gasteiger charge is -2.13. The van der Waals surface area contributed by atoms with Crippen molar-refractivity contribution in [3.8, 4) is 0 Å². The molecule has 20 heavy (non-hydrogen) atoms. The average molecular weight is 264 g/mol. The third-order valence-corrected chi connectivity index (χ3v) is 5.17. The number of fused-ring (bicyclic) bond motifs is 3. The molecule has 4 atom stereocenters. The van der Waals surface area contributed by atoms with Crippen LogP contribution in [0.2, 0.25) is 0 Å². The first-order valence-corrected chi connectivity index (χ1v) is 7.58. The molecule has 1 nitrogen and oxygen atoms in total. The topological polar surface area (TPSA) is 20.2 Å². The van der Waals surface area contributed by atoms with Crippen molar-refractivity contribution in [3.63, 3.8) is 0 Å². The van der Waals surface area contributed by atoms with E-state index in [9.17, 15) is 5.11 Å². The second-order valence-electron chi connectivity index (χ2n) is 6.36. The highest BCUT2D eigenvalue weighted by Crippen LogP contribution is 2.64. The lowest BCUT2D eigenvalue weighted by Crippen LogP contribution is -2.02. The first-order chi connectivity index (χ1) is 9.75. The van der Waals surface area contributed by atoms with E-state index in [-0.39, 0.29) is 6.10 Å². The largest absolute Gasteiger partial charge is 0.388 e. The van der Waals surface area contributed by atoms with Crippen molar-refractivity contribution in [2.24, 2.45) is 11.8 Å². The van der Waals surface area contributed by atoms with Crippen LogP contribution in [0.15, 0.2) is 48.5 Å². The summed E-state index contributed by atoms with van der Waals surface area (Å²) in [5, 5.41) is 10.7. The Morgan fingerprint density at radius 3 is 2.60 bits per heavy atom. The highest BCUT2D eigenvalue weighted by Gasteiger charge is 2.56. The summed E-state index contributed by atoms with van der Waals surface area (Å²) in [5.74, 6) is 1.68. The van der Waals surface area contributed by atoms with Crippen LogP contribution >= 0.6 is 0 Å². The summed E-state index contributed by atoms with van der Waals surface area (Å²) in [6.07, 6.45) is 2.10. The summed E-state index contributed by atoms with van der Waals surface area (Å²) < 4.78 is 0. The molecule has 0 bridgehead atoms. The maximum atomic E-state index is 10.7. The standard InChI is InChI=1S/C19H20O/c1-12-6-8-14(9-7-12)19(20)18-16-11-10-13-4-2-3-5-15(13)17(16)18/h2-9,16-20H,10-11H2,1H3. The molecular weight excluding hydrogens is 244 g/mol. The SMILES string of the molecule is Cc1ccc(C(O)C2C3CCc4ccccc4C32)cc1. The zero-order valence-electron chi connectivity index (χ0n) is 11.8. The number of rotatable bonds is 2. The number of aliphatic hydroxyl groups is 1. The zero-order valence-corrected chi connectivity index (χ0v) is 11.8. The van der Waals surface area contributed by atoms with Crippen molar-refractivity contribution in [2.45, 2.75) is 31.8 Å². The van der Waals surface area contributed by atoms with Crippen LogP contribution in [-0.2, 0) is 6.42 Å². The minimum Gasteiger partial charge on any atom is -0.388 e. The fourth-order valence-electron chi connectivity index (χ4n) is 4.04. The van der Waals surface area contributed by atoms with Crippen molar-refractivity contribution in [2.75, 3.05) is 0 Å². The van der Waals surface area contributed by atoms with E-state index in [2.05, 4.69) is 55.5 Å². The molecule has 1 N–H and O–H groups in total. The van der Waals surface area contributed by atoms with Crippen LogP contribution in [0.3, 0.4) is 0 Å². The van der Waals surface area contributed by atoms with Crippen molar-refractivity contribution < 1.29 is 5.11 Å². The molecule has 2 aromatic carbocycles. The van der Waals surface area contributed by atoms with Gasteiger partial charge in [-0.3, -0.25) is 0 Å². The Balaban J connectivity index is 1.62. The molecule has 0 aromatic heterocycles. The van der Waals surface area contributed by atoms with Crippen LogP contribution in [0.5, 0.6) is 0 Å². The lowest BCUT2D eigenvalue weighted by molar-refractivity contribution is 0.145. The average Bonchev–Trinajstić information content (AvgIpc) is 3.22. The van der Waals surface area contributed by atoms with Crippen molar-refractivity contribution in [1.82, 2.24) is 0 Å². The van der Waals surface area contributed by atoms with Gasteiger partial charge in [-0.2, -0.15) is 0 Å². The van der Waals surface area contributed by atoms with Crippen molar-refractivity contribution >= 4 is 0 Å². The van der Waals surface area contributed by atoms with Gasteiger partial charge in [0.2, 0.25) is 0 Å². The van der Waals surface area contributed by atoms with Crippen molar-refractivity contribution in [3.05, 3.63) is 70.8 Å². The summed E-state index contributed by atoms with van der Waals surface area (Å²) in [5.41, 5.74) is 5.30. The third-order valence-electron chi connectivity index (χ3n) is 5.17. The van der Waals surface area contributed by atoms with Crippen LogP contribution in [0, 0.1) is 18.8 Å². The molecule has 0 aliphatic heterocycles. The van der Waals surface area contributed by atoms with Gasteiger partial charge in [-0.05, 0) is 54.2 Å². The number of hydrogen-bond acceptors (Lipinski definition) is 1. The van der Waals surface area contributed by atoms with Crippen LogP contribution in [0.25, 0.3) is 0 Å². The van der Waals surface area contributed by atoms with E-state index in [1.165, 1.54) is 29.5 Å². The van der Waals surface area contributed by atoms with E-state index in [4.69, 9.17) is 0 Å². The molecule has 4 unspecified atom stereocenters. The molecule has 1 saturated carbocycles. The second kappa shape index (κ2) is 4.46. The third kappa shape index (κ3) is 1.81. The molecule has 102 valence electrons. The van der Waals surface area contributed by atoms with Gasteiger partial charge in [0.1, 0.15) is 0 Å². The molecule has 2 aliphatic rings. The zero-order chi connectivity index (χ0) is 13.7. The molecule has 0 spiro atoms. The van der Waals surface area contributed by atoms with E-state index >= 15 is 0 Å². The molecule has 0 amide bonds. The number of hydrogen-bond donors (Lipinski definition) is 1. The monoisotopic (exact) mass is 264 g/mol. The van der Waals surface area contributed by atoms with Crippen LogP contribution in [0.4, 0.5) is 0 Å². The maximum Gasteiger partial charge on any atom is 0.0827 e. The van der Waals surface area contributed by atoms with Gasteiger partial charge in [0, 0.05) is 0 Å². The number of benzene rings is 2. The highest BCUT2D eigenvalue weighted by atomic mass is 16.3. The van der Waals surface area contributed by atoms with Crippen molar-refractivity contribution in [1.29, 1.82) is 0 Å². The van der Waals surface area contributed by atoms with Gasteiger partial charge in [-0.1, -0.05) is 54.1 Å². The van der Waals surface area contributed by atoms with E-state index in [0.29, 0.717) is 17.8 Å². The predicted octanol–water partition coefficient (Wildman–Crippen LogP) is 4.00. The van der Waals surface area contributed by atoms with Gasteiger partial charge in [0.15, 0.2) is 0 Å². The summed E-state index contributed by atoms with van der Waals surface area (Å²) in [7, 11) is 0. The van der Waals surface area contributed by atoms with Crippen LogP contribution < -0.4 is 0 Å². The lowest BCUT2D eigenvalue weighted by atomic mass is 9.92. The summed E-state index contributed by atoms with van der Waals surface area (Å²) in [6.45, 7) is 2.09. The van der Waals surface area contributed by atoms with E-state index < -0.39 is 0 Å². The Kier molecular flexibility index (Phi) is 2.71. The normalized spacial score (nSPS) is 28.4. The van der Waals surface area contributed by atoms with E-state index in [1.54, 1.807) is 0 Å². The summed E-state index contributed by atoms with van der Waals surface area (Å²) in [4.78, 5) is 0. The number of aliphatic hydroxyl groups excluding tert-OH is 1. The Labute approximate surface area is 120 Å². The Morgan fingerprint density at radius 2 is 1.80 bits per heavy atom. The molecule has 1 fully saturated rings. The van der Waals surface area contributed by atoms with Gasteiger partial charge in [-0.25, -0.2) is 0 Å². The van der Waals surface area contributed by atoms with Crippen LogP contribution in [0.1, 0.15) is 40.7 Å². The molecular formula is C19H20O. The van der Waals surface area contributed by atoms with Gasteiger partial charge in [-0.15, -0.1) is 0 Å². The van der Waals surface area contributed by atoms with E-state index in [1.807, 2.05) is 0 Å². The smallest absolute Gasteiger partial charge is 0.0827 e. The Bertz CT molecular complexity index is 628. The fourth-order valence-corrected chi connectivity index (χ4v) is 4.04. The Morgan fingerprint density at radius 1 is 1.05 bits per heavy atom. The van der Waals surface area contributed by atoms with E-state index in [0.717, 1.165) is 5.56 Å². The molecule has 0 heterocycles. The quantitative estimate of drug-likeness (QED) is 0.869.